The van der Waals surface area contributed by atoms with Gasteiger partial charge in [-0.25, -0.2) is 0 Å². The highest BCUT2D eigenvalue weighted by Crippen LogP contribution is 2.16. The van der Waals surface area contributed by atoms with Gasteiger partial charge in [0, 0.05) is 13.1 Å². The van der Waals surface area contributed by atoms with Crippen molar-refractivity contribution in [2.75, 3.05) is 26.7 Å². The molecule has 0 radical (unpaired) electrons. The molecule has 0 aromatic carbocycles. The first-order valence-electron chi connectivity index (χ1n) is 4.02. The van der Waals surface area contributed by atoms with Crippen molar-refractivity contribution in [1.82, 2.24) is 4.90 Å². The number of rotatable bonds is 1. The molecule has 1 aliphatic heterocycles. The highest BCUT2D eigenvalue weighted by Gasteiger charge is 2.30. The third kappa shape index (κ3) is 2.43. The van der Waals surface area contributed by atoms with Crippen LogP contribution in [0.5, 0.6) is 0 Å². The highest BCUT2D eigenvalue weighted by molar-refractivity contribution is 4.82. The van der Waals surface area contributed by atoms with Crippen molar-refractivity contribution in [3.63, 3.8) is 0 Å². The van der Waals surface area contributed by atoms with Crippen molar-refractivity contribution < 1.29 is 9.84 Å². The van der Waals surface area contributed by atoms with Crippen LogP contribution in [0, 0.1) is 0 Å². The Balaban J connectivity index is 2.46. The van der Waals surface area contributed by atoms with Crippen LogP contribution in [0.3, 0.4) is 0 Å². The summed E-state index contributed by atoms with van der Waals surface area (Å²) in [6.07, 6.45) is -0.0405. The van der Waals surface area contributed by atoms with Gasteiger partial charge >= 0.3 is 0 Å². The van der Waals surface area contributed by atoms with E-state index in [1.807, 2.05) is 7.05 Å². The van der Waals surface area contributed by atoms with E-state index in [0.29, 0.717) is 0 Å². The van der Waals surface area contributed by atoms with Crippen LogP contribution in [0.25, 0.3) is 0 Å². The fourth-order valence-corrected chi connectivity index (χ4v) is 1.21. The molecule has 1 saturated heterocycles. The molecular weight excluding hydrogens is 142 g/mol. The second-order valence-electron chi connectivity index (χ2n) is 3.78. The standard InChI is InChI=1S/C8H17NO2/c1-8(2,10)7-6-9(3)4-5-11-7/h7,10H,4-6H2,1-3H3/t7-/m1/s1. The molecule has 3 nitrogen and oxygen atoms in total. The molecule has 3 heteroatoms. The van der Waals surface area contributed by atoms with Gasteiger partial charge in [-0.15, -0.1) is 0 Å². The van der Waals surface area contributed by atoms with Crippen molar-refractivity contribution in [2.45, 2.75) is 25.6 Å². The molecule has 0 spiro atoms. The average molecular weight is 159 g/mol. The van der Waals surface area contributed by atoms with Crippen LogP contribution >= 0.6 is 0 Å². The lowest BCUT2D eigenvalue weighted by molar-refractivity contribution is -0.123. The van der Waals surface area contributed by atoms with Gasteiger partial charge in [-0.3, -0.25) is 0 Å². The molecule has 0 aromatic heterocycles. The molecule has 0 unspecified atom stereocenters. The highest BCUT2D eigenvalue weighted by atomic mass is 16.5. The van der Waals surface area contributed by atoms with Gasteiger partial charge in [-0.05, 0) is 20.9 Å². The second kappa shape index (κ2) is 3.09. The van der Waals surface area contributed by atoms with Gasteiger partial charge in [-0.1, -0.05) is 0 Å². The Hall–Kier alpha value is -0.120. The molecule has 1 heterocycles. The lowest BCUT2D eigenvalue weighted by Crippen LogP contribution is -2.50. The third-order valence-electron chi connectivity index (χ3n) is 2.06. The summed E-state index contributed by atoms with van der Waals surface area (Å²) in [7, 11) is 2.04. The van der Waals surface area contributed by atoms with Gasteiger partial charge in [0.05, 0.1) is 18.3 Å². The van der Waals surface area contributed by atoms with Gasteiger partial charge in [0.2, 0.25) is 0 Å². The van der Waals surface area contributed by atoms with Crippen LogP contribution in [0.1, 0.15) is 13.8 Å². The number of hydrogen-bond acceptors (Lipinski definition) is 3. The molecule has 1 atom stereocenters. The first kappa shape index (κ1) is 8.97. The summed E-state index contributed by atoms with van der Waals surface area (Å²) >= 11 is 0. The number of morpholine rings is 1. The summed E-state index contributed by atoms with van der Waals surface area (Å²) in [6.45, 7) is 6.09. The molecule has 66 valence electrons. The van der Waals surface area contributed by atoms with Gasteiger partial charge in [0.1, 0.15) is 0 Å². The Morgan fingerprint density at radius 3 is 2.55 bits per heavy atom. The molecule has 0 saturated carbocycles. The maximum atomic E-state index is 9.61. The van der Waals surface area contributed by atoms with E-state index in [9.17, 15) is 5.11 Å². The largest absolute Gasteiger partial charge is 0.388 e. The summed E-state index contributed by atoms with van der Waals surface area (Å²) in [4.78, 5) is 2.17. The average Bonchev–Trinajstić information content (AvgIpc) is 1.86. The van der Waals surface area contributed by atoms with Crippen LogP contribution in [0.15, 0.2) is 0 Å². The minimum atomic E-state index is -0.714. The Bertz CT molecular complexity index is 131. The third-order valence-corrected chi connectivity index (χ3v) is 2.06. The van der Waals surface area contributed by atoms with Crippen molar-refractivity contribution in [3.05, 3.63) is 0 Å². The van der Waals surface area contributed by atoms with Crippen molar-refractivity contribution in [2.24, 2.45) is 0 Å². The smallest absolute Gasteiger partial charge is 0.0983 e. The maximum absolute atomic E-state index is 9.61. The number of likely N-dealkylation sites (N-methyl/N-ethyl adjacent to an activating group) is 1. The normalized spacial score (nSPS) is 28.9. The fraction of sp³-hybridized carbons (Fsp3) is 1.00. The minimum Gasteiger partial charge on any atom is -0.388 e. The van der Waals surface area contributed by atoms with E-state index < -0.39 is 5.60 Å². The van der Waals surface area contributed by atoms with E-state index in [4.69, 9.17) is 4.74 Å². The monoisotopic (exact) mass is 159 g/mol. The number of aliphatic hydroxyl groups is 1. The molecule has 0 bridgehead atoms. The Morgan fingerprint density at radius 2 is 2.18 bits per heavy atom. The molecule has 0 aliphatic carbocycles. The van der Waals surface area contributed by atoms with Gasteiger partial charge < -0.3 is 14.7 Å². The molecule has 0 aromatic rings. The topological polar surface area (TPSA) is 32.7 Å². The van der Waals surface area contributed by atoms with Crippen LogP contribution in [-0.2, 0) is 4.74 Å². The predicted molar refractivity (Wildman–Crippen MR) is 43.5 cm³/mol. The van der Waals surface area contributed by atoms with E-state index in [-0.39, 0.29) is 6.10 Å². The van der Waals surface area contributed by atoms with Crippen LogP contribution in [0.4, 0.5) is 0 Å². The number of ether oxygens (including phenoxy) is 1. The van der Waals surface area contributed by atoms with E-state index in [2.05, 4.69) is 4.90 Å². The van der Waals surface area contributed by atoms with E-state index >= 15 is 0 Å². The maximum Gasteiger partial charge on any atom is 0.0983 e. The quantitative estimate of drug-likeness (QED) is 0.588. The Labute approximate surface area is 68.0 Å². The van der Waals surface area contributed by atoms with Crippen molar-refractivity contribution >= 4 is 0 Å². The lowest BCUT2D eigenvalue weighted by atomic mass is 10.0. The van der Waals surface area contributed by atoms with Crippen LogP contribution < -0.4 is 0 Å². The first-order valence-corrected chi connectivity index (χ1v) is 4.02. The summed E-state index contributed by atoms with van der Waals surface area (Å²) < 4.78 is 5.42. The van der Waals surface area contributed by atoms with Crippen molar-refractivity contribution in [1.29, 1.82) is 0 Å². The van der Waals surface area contributed by atoms with E-state index in [0.717, 1.165) is 19.7 Å². The fourth-order valence-electron chi connectivity index (χ4n) is 1.21. The van der Waals surface area contributed by atoms with Crippen LogP contribution in [-0.4, -0.2) is 48.5 Å². The van der Waals surface area contributed by atoms with Gasteiger partial charge in [0.25, 0.3) is 0 Å². The molecule has 1 fully saturated rings. The SMILES string of the molecule is CN1CCO[C@@H](C(C)(C)O)C1. The summed E-state index contributed by atoms with van der Waals surface area (Å²) in [5, 5.41) is 9.61. The Kier molecular flexibility index (Phi) is 2.52. The van der Waals surface area contributed by atoms with Crippen molar-refractivity contribution in [3.8, 4) is 0 Å². The molecule has 1 aliphatic rings. The number of nitrogens with zero attached hydrogens (tertiary/aromatic N) is 1. The molecule has 1 N–H and O–H groups in total. The van der Waals surface area contributed by atoms with Gasteiger partial charge in [0.15, 0.2) is 0 Å². The zero-order valence-electron chi connectivity index (χ0n) is 7.50. The second-order valence-corrected chi connectivity index (χ2v) is 3.78. The molecule has 11 heavy (non-hydrogen) atoms. The summed E-state index contributed by atoms with van der Waals surface area (Å²) in [5.41, 5.74) is -0.714. The van der Waals surface area contributed by atoms with Gasteiger partial charge in [-0.2, -0.15) is 0 Å². The van der Waals surface area contributed by atoms with Crippen LogP contribution in [0.2, 0.25) is 0 Å². The zero-order chi connectivity index (χ0) is 8.48. The lowest BCUT2D eigenvalue weighted by Gasteiger charge is -2.36. The van der Waals surface area contributed by atoms with E-state index in [1.54, 1.807) is 13.8 Å². The summed E-state index contributed by atoms with van der Waals surface area (Å²) in [5.74, 6) is 0. The number of hydrogen-bond donors (Lipinski definition) is 1. The summed E-state index contributed by atoms with van der Waals surface area (Å²) in [6, 6.07) is 0. The van der Waals surface area contributed by atoms with E-state index in [1.165, 1.54) is 0 Å². The molecular formula is C8H17NO2. The molecule has 0 amide bonds. The first-order chi connectivity index (χ1) is 5.00. The Morgan fingerprint density at radius 1 is 1.55 bits per heavy atom. The minimum absolute atomic E-state index is 0.0405. The zero-order valence-corrected chi connectivity index (χ0v) is 7.50. The molecule has 1 rings (SSSR count). The predicted octanol–water partition coefficient (Wildman–Crippen LogP) is 0.0879.